The number of anilines is 1. The maximum absolute atomic E-state index is 12.5. The summed E-state index contributed by atoms with van der Waals surface area (Å²) in [4.78, 5) is 17.0. The second-order valence-corrected chi connectivity index (χ2v) is 7.21. The molecule has 0 aliphatic rings. The van der Waals surface area contributed by atoms with Gasteiger partial charge < -0.3 is 5.32 Å². The van der Waals surface area contributed by atoms with Crippen molar-refractivity contribution in [3.05, 3.63) is 57.4 Å². The van der Waals surface area contributed by atoms with Crippen molar-refractivity contribution >= 4 is 22.9 Å². The molecule has 25 heavy (non-hydrogen) atoms. The Kier molecular flexibility index (Phi) is 4.72. The third-order valence-electron chi connectivity index (χ3n) is 4.22. The number of aromatic nitrogens is 3. The largest absolute Gasteiger partial charge is 0.326 e. The van der Waals surface area contributed by atoms with E-state index in [0.717, 1.165) is 39.0 Å². The summed E-state index contributed by atoms with van der Waals surface area (Å²) >= 11 is 1.55. The van der Waals surface area contributed by atoms with Gasteiger partial charge in [0.05, 0.1) is 17.8 Å². The van der Waals surface area contributed by atoms with E-state index in [1.807, 2.05) is 56.8 Å². The molecule has 1 aromatic carbocycles. The van der Waals surface area contributed by atoms with Gasteiger partial charge in [0.2, 0.25) is 11.0 Å². The standard InChI is InChI=1S/C19H22N4OS/c1-11-6-7-17(12(2)8-11)21-18(24)9-16-14(4)22-23(15(16)5)19-20-13(3)10-25-19/h6-8,10H,9H2,1-5H3,(H,21,24). The number of hydrogen-bond donors (Lipinski definition) is 1. The number of aryl methyl sites for hydroxylation is 4. The fourth-order valence-electron chi connectivity index (χ4n) is 2.86. The molecule has 0 radical (unpaired) electrons. The predicted molar refractivity (Wildman–Crippen MR) is 102 cm³/mol. The van der Waals surface area contributed by atoms with Crippen LogP contribution in [0.15, 0.2) is 23.6 Å². The summed E-state index contributed by atoms with van der Waals surface area (Å²) in [6.07, 6.45) is 0.301. The fraction of sp³-hybridized carbons (Fsp3) is 0.316. The number of thiazole rings is 1. The molecule has 0 aliphatic carbocycles. The molecule has 6 heteroatoms. The van der Waals surface area contributed by atoms with E-state index in [-0.39, 0.29) is 5.91 Å². The first kappa shape index (κ1) is 17.4. The molecule has 130 valence electrons. The first-order chi connectivity index (χ1) is 11.8. The molecular formula is C19H22N4OS. The summed E-state index contributed by atoms with van der Waals surface area (Å²) in [5.74, 6) is -0.0342. The number of carbonyl (C=O) groups excluding carboxylic acids is 1. The number of amides is 1. The zero-order valence-corrected chi connectivity index (χ0v) is 16.0. The van der Waals surface area contributed by atoms with Gasteiger partial charge in [-0.2, -0.15) is 5.10 Å². The second kappa shape index (κ2) is 6.80. The Hall–Kier alpha value is -2.47. The van der Waals surface area contributed by atoms with Crippen LogP contribution in [0.4, 0.5) is 5.69 Å². The van der Waals surface area contributed by atoms with Crippen LogP contribution in [-0.4, -0.2) is 20.7 Å². The van der Waals surface area contributed by atoms with Crippen molar-refractivity contribution in [3.63, 3.8) is 0 Å². The number of benzene rings is 1. The highest BCUT2D eigenvalue weighted by Crippen LogP contribution is 2.22. The number of nitrogens with zero attached hydrogens (tertiary/aromatic N) is 3. The highest BCUT2D eigenvalue weighted by molar-refractivity contribution is 7.12. The molecule has 3 rings (SSSR count). The minimum Gasteiger partial charge on any atom is -0.326 e. The number of nitrogens with one attached hydrogen (secondary N) is 1. The van der Waals surface area contributed by atoms with E-state index < -0.39 is 0 Å². The second-order valence-electron chi connectivity index (χ2n) is 6.38. The van der Waals surface area contributed by atoms with Crippen LogP contribution in [-0.2, 0) is 11.2 Å². The van der Waals surface area contributed by atoms with Gasteiger partial charge in [-0.3, -0.25) is 4.79 Å². The van der Waals surface area contributed by atoms with E-state index >= 15 is 0 Å². The quantitative estimate of drug-likeness (QED) is 0.769. The maximum atomic E-state index is 12.5. The van der Waals surface area contributed by atoms with Gasteiger partial charge >= 0.3 is 0 Å². The Morgan fingerprint density at radius 2 is 1.96 bits per heavy atom. The molecule has 0 unspecified atom stereocenters. The van der Waals surface area contributed by atoms with Gasteiger partial charge in [-0.15, -0.1) is 11.3 Å². The number of carbonyl (C=O) groups is 1. The Balaban J connectivity index is 1.81. The van der Waals surface area contributed by atoms with Gasteiger partial charge in [0.1, 0.15) is 0 Å². The van der Waals surface area contributed by atoms with Crippen molar-refractivity contribution in [2.45, 2.75) is 41.0 Å². The zero-order chi connectivity index (χ0) is 18.1. The average Bonchev–Trinajstić information content (AvgIpc) is 3.08. The molecule has 2 heterocycles. The molecule has 1 amide bonds. The molecule has 1 N–H and O–H groups in total. The van der Waals surface area contributed by atoms with Crippen LogP contribution < -0.4 is 5.32 Å². The van der Waals surface area contributed by atoms with Crippen LogP contribution in [0.2, 0.25) is 0 Å². The van der Waals surface area contributed by atoms with Crippen molar-refractivity contribution in [2.24, 2.45) is 0 Å². The van der Waals surface area contributed by atoms with Crippen LogP contribution in [0.1, 0.15) is 33.8 Å². The van der Waals surface area contributed by atoms with E-state index in [0.29, 0.717) is 6.42 Å². The minimum absolute atomic E-state index is 0.0342. The molecule has 0 saturated heterocycles. The van der Waals surface area contributed by atoms with Crippen LogP contribution in [0.3, 0.4) is 0 Å². The topological polar surface area (TPSA) is 59.8 Å². The molecule has 0 saturated carbocycles. The lowest BCUT2D eigenvalue weighted by Gasteiger charge is -2.09. The van der Waals surface area contributed by atoms with Gasteiger partial charge in [-0.05, 0) is 46.2 Å². The summed E-state index contributed by atoms with van der Waals surface area (Å²) in [7, 11) is 0. The molecule has 0 fully saturated rings. The number of rotatable bonds is 4. The smallest absolute Gasteiger partial charge is 0.228 e. The summed E-state index contributed by atoms with van der Waals surface area (Å²) in [5, 5.41) is 10.4. The highest BCUT2D eigenvalue weighted by Gasteiger charge is 2.17. The van der Waals surface area contributed by atoms with Gasteiger partial charge in [-0.25, -0.2) is 9.67 Å². The molecular weight excluding hydrogens is 332 g/mol. The van der Waals surface area contributed by atoms with Crippen molar-refractivity contribution in [1.82, 2.24) is 14.8 Å². The molecule has 0 atom stereocenters. The minimum atomic E-state index is -0.0342. The zero-order valence-electron chi connectivity index (χ0n) is 15.2. The Morgan fingerprint density at radius 3 is 2.60 bits per heavy atom. The first-order valence-corrected chi connectivity index (χ1v) is 9.08. The summed E-state index contributed by atoms with van der Waals surface area (Å²) in [5.41, 5.74) is 6.85. The third-order valence-corrected chi connectivity index (χ3v) is 5.16. The van der Waals surface area contributed by atoms with Crippen molar-refractivity contribution in [3.8, 4) is 5.13 Å². The van der Waals surface area contributed by atoms with Crippen LogP contribution in [0.5, 0.6) is 0 Å². The van der Waals surface area contributed by atoms with E-state index in [1.54, 1.807) is 11.3 Å². The monoisotopic (exact) mass is 354 g/mol. The molecule has 2 aromatic heterocycles. The molecule has 5 nitrogen and oxygen atoms in total. The molecule has 0 bridgehead atoms. The average molecular weight is 354 g/mol. The highest BCUT2D eigenvalue weighted by atomic mass is 32.1. The first-order valence-electron chi connectivity index (χ1n) is 8.20. The van der Waals surface area contributed by atoms with E-state index in [9.17, 15) is 4.79 Å². The Bertz CT molecular complexity index is 939. The van der Waals surface area contributed by atoms with E-state index in [4.69, 9.17) is 0 Å². The van der Waals surface area contributed by atoms with Gasteiger partial charge in [-0.1, -0.05) is 17.7 Å². The third kappa shape index (κ3) is 3.64. The lowest BCUT2D eigenvalue weighted by Crippen LogP contribution is -2.16. The van der Waals surface area contributed by atoms with Crippen molar-refractivity contribution in [1.29, 1.82) is 0 Å². The molecule has 3 aromatic rings. The lowest BCUT2D eigenvalue weighted by atomic mass is 10.1. The van der Waals surface area contributed by atoms with E-state index in [1.165, 1.54) is 5.56 Å². The van der Waals surface area contributed by atoms with Crippen LogP contribution in [0.25, 0.3) is 5.13 Å². The van der Waals surface area contributed by atoms with Crippen LogP contribution >= 0.6 is 11.3 Å². The molecule has 0 aliphatic heterocycles. The predicted octanol–water partition coefficient (Wildman–Crippen LogP) is 4.05. The Morgan fingerprint density at radius 1 is 1.20 bits per heavy atom. The summed E-state index contributed by atoms with van der Waals surface area (Å²) < 4.78 is 1.83. The Labute approximate surface area is 151 Å². The van der Waals surface area contributed by atoms with Crippen LogP contribution in [0, 0.1) is 34.6 Å². The summed E-state index contributed by atoms with van der Waals surface area (Å²) in [6.45, 7) is 9.92. The van der Waals surface area contributed by atoms with Crippen molar-refractivity contribution < 1.29 is 4.79 Å². The van der Waals surface area contributed by atoms with Gasteiger partial charge in [0.25, 0.3) is 0 Å². The summed E-state index contributed by atoms with van der Waals surface area (Å²) in [6, 6.07) is 6.01. The van der Waals surface area contributed by atoms with Gasteiger partial charge in [0, 0.05) is 22.3 Å². The fourth-order valence-corrected chi connectivity index (χ4v) is 3.67. The SMILES string of the molecule is Cc1ccc(NC(=O)Cc2c(C)nn(-c3nc(C)cs3)c2C)c(C)c1. The maximum Gasteiger partial charge on any atom is 0.228 e. The number of hydrogen-bond acceptors (Lipinski definition) is 4. The lowest BCUT2D eigenvalue weighted by molar-refractivity contribution is -0.115. The van der Waals surface area contributed by atoms with Gasteiger partial charge in [0.15, 0.2) is 0 Å². The molecule has 0 spiro atoms. The van der Waals surface area contributed by atoms with E-state index in [2.05, 4.69) is 21.5 Å². The normalized spacial score (nSPS) is 10.9. The van der Waals surface area contributed by atoms with Crippen molar-refractivity contribution in [2.75, 3.05) is 5.32 Å².